The second kappa shape index (κ2) is 5.91. The zero-order valence-electron chi connectivity index (χ0n) is 11.6. The van der Waals surface area contributed by atoms with Crippen LogP contribution in [0.1, 0.15) is 13.8 Å². The Balaban J connectivity index is 3.04. The Kier molecular flexibility index (Phi) is 4.96. The maximum atomic E-state index is 13.5. The average Bonchev–Trinajstić information content (AvgIpc) is 2.31. The number of hydrogen-bond donors (Lipinski definition) is 2. The number of alkyl halides is 5. The molecule has 124 valence electrons. The van der Waals surface area contributed by atoms with Crippen molar-refractivity contribution in [2.45, 2.75) is 31.5 Å². The SMILES string of the molecule is C=C(Nc1c(F)cccc1Cl)NC(C)(C(C)(F)F)C(F)(F)F. The van der Waals surface area contributed by atoms with Crippen LogP contribution in [0, 0.1) is 5.82 Å². The standard InChI is InChI=1S/C13H13ClF6N2/c1-7(21-10-8(14)5-4-6-9(10)15)22-11(2,12(3,16)17)13(18,19)20/h4-6,21-22H,1H2,2-3H3. The molecule has 0 bridgehead atoms. The van der Waals surface area contributed by atoms with Crippen molar-refractivity contribution in [1.82, 2.24) is 5.32 Å². The number of halogens is 7. The van der Waals surface area contributed by atoms with E-state index in [4.69, 9.17) is 11.6 Å². The van der Waals surface area contributed by atoms with E-state index < -0.39 is 29.3 Å². The number of anilines is 1. The minimum Gasteiger partial charge on any atom is -0.354 e. The predicted molar refractivity (Wildman–Crippen MR) is 72.4 cm³/mol. The van der Waals surface area contributed by atoms with Crippen LogP contribution in [0.3, 0.4) is 0 Å². The van der Waals surface area contributed by atoms with Crippen molar-refractivity contribution in [2.75, 3.05) is 5.32 Å². The predicted octanol–water partition coefficient (Wildman–Crippen LogP) is 4.93. The molecule has 1 rings (SSSR count). The van der Waals surface area contributed by atoms with E-state index in [0.29, 0.717) is 0 Å². The van der Waals surface area contributed by atoms with Gasteiger partial charge in [-0.15, -0.1) is 0 Å². The fourth-order valence-corrected chi connectivity index (χ4v) is 1.74. The van der Waals surface area contributed by atoms with Crippen molar-refractivity contribution in [3.63, 3.8) is 0 Å². The van der Waals surface area contributed by atoms with Crippen LogP contribution in [0.25, 0.3) is 0 Å². The van der Waals surface area contributed by atoms with Crippen LogP contribution < -0.4 is 10.6 Å². The van der Waals surface area contributed by atoms with Gasteiger partial charge in [0, 0.05) is 6.92 Å². The highest BCUT2D eigenvalue weighted by atomic mass is 35.5. The normalized spacial score (nSPS) is 15.1. The molecule has 2 nitrogen and oxygen atoms in total. The average molecular weight is 347 g/mol. The molecular formula is C13H13ClF6N2. The summed E-state index contributed by atoms with van der Waals surface area (Å²) in [7, 11) is 0. The van der Waals surface area contributed by atoms with Crippen LogP contribution in [0.2, 0.25) is 5.02 Å². The van der Waals surface area contributed by atoms with Gasteiger partial charge < -0.3 is 10.6 Å². The lowest BCUT2D eigenvalue weighted by atomic mass is 9.94. The first-order valence-electron chi connectivity index (χ1n) is 5.92. The van der Waals surface area contributed by atoms with E-state index in [2.05, 4.69) is 11.9 Å². The van der Waals surface area contributed by atoms with Gasteiger partial charge in [-0.2, -0.15) is 13.2 Å². The minimum absolute atomic E-state index is 0.122. The molecule has 0 aliphatic heterocycles. The first kappa shape index (κ1) is 18.5. The number of para-hydroxylation sites is 1. The minimum atomic E-state index is -5.28. The Labute approximate surface area is 128 Å². The molecule has 9 heteroatoms. The molecule has 2 N–H and O–H groups in total. The number of hydrogen-bond acceptors (Lipinski definition) is 2. The molecule has 0 aliphatic carbocycles. The molecule has 0 radical (unpaired) electrons. The lowest BCUT2D eigenvalue weighted by Crippen LogP contribution is -2.64. The van der Waals surface area contributed by atoms with E-state index in [1.54, 1.807) is 5.32 Å². The van der Waals surface area contributed by atoms with Gasteiger partial charge >= 0.3 is 6.18 Å². The van der Waals surface area contributed by atoms with Crippen molar-refractivity contribution in [1.29, 1.82) is 0 Å². The highest BCUT2D eigenvalue weighted by Gasteiger charge is 2.64. The third-order valence-electron chi connectivity index (χ3n) is 3.08. The van der Waals surface area contributed by atoms with Gasteiger partial charge in [0.25, 0.3) is 5.92 Å². The molecule has 0 amide bonds. The van der Waals surface area contributed by atoms with Crippen molar-refractivity contribution in [3.8, 4) is 0 Å². The molecule has 0 spiro atoms. The number of benzene rings is 1. The number of rotatable bonds is 5. The first-order valence-corrected chi connectivity index (χ1v) is 6.30. The summed E-state index contributed by atoms with van der Waals surface area (Å²) in [6, 6.07) is 3.55. The Hall–Kier alpha value is -1.57. The van der Waals surface area contributed by atoms with Gasteiger partial charge in [-0.3, -0.25) is 0 Å². The summed E-state index contributed by atoms with van der Waals surface area (Å²) < 4.78 is 79.1. The summed E-state index contributed by atoms with van der Waals surface area (Å²) in [5, 5.41) is 3.56. The maximum Gasteiger partial charge on any atom is 0.417 e. The van der Waals surface area contributed by atoms with Gasteiger partial charge in [-0.1, -0.05) is 24.2 Å². The summed E-state index contributed by atoms with van der Waals surface area (Å²) in [4.78, 5) is 0. The summed E-state index contributed by atoms with van der Waals surface area (Å²) >= 11 is 5.68. The molecule has 1 aromatic carbocycles. The van der Waals surface area contributed by atoms with Crippen LogP contribution in [-0.4, -0.2) is 17.6 Å². The summed E-state index contributed by atoms with van der Waals surface area (Å²) in [5.41, 5.74) is -3.97. The van der Waals surface area contributed by atoms with Crippen molar-refractivity contribution < 1.29 is 26.3 Å². The third-order valence-corrected chi connectivity index (χ3v) is 3.40. The largest absolute Gasteiger partial charge is 0.417 e. The molecular weight excluding hydrogens is 334 g/mol. The molecule has 0 aromatic heterocycles. The zero-order valence-corrected chi connectivity index (χ0v) is 12.3. The molecule has 1 atom stereocenters. The second-order valence-corrected chi connectivity index (χ2v) is 5.24. The van der Waals surface area contributed by atoms with Gasteiger partial charge in [-0.05, 0) is 19.1 Å². The van der Waals surface area contributed by atoms with Crippen LogP contribution in [-0.2, 0) is 0 Å². The first-order chi connectivity index (χ1) is 9.79. The topological polar surface area (TPSA) is 24.1 Å². The van der Waals surface area contributed by atoms with Crippen molar-refractivity contribution in [2.24, 2.45) is 0 Å². The monoisotopic (exact) mass is 346 g/mol. The molecule has 0 aliphatic rings. The highest BCUT2D eigenvalue weighted by molar-refractivity contribution is 6.33. The van der Waals surface area contributed by atoms with Crippen LogP contribution in [0.5, 0.6) is 0 Å². The van der Waals surface area contributed by atoms with Gasteiger partial charge in [0.1, 0.15) is 5.82 Å². The molecule has 0 heterocycles. The van der Waals surface area contributed by atoms with E-state index in [0.717, 1.165) is 6.07 Å². The van der Waals surface area contributed by atoms with E-state index in [1.165, 1.54) is 12.1 Å². The number of nitrogens with one attached hydrogen (secondary N) is 2. The van der Waals surface area contributed by atoms with Crippen molar-refractivity contribution in [3.05, 3.63) is 41.4 Å². The Morgan fingerprint density at radius 1 is 1.14 bits per heavy atom. The lowest BCUT2D eigenvalue weighted by molar-refractivity contribution is -0.251. The van der Waals surface area contributed by atoms with E-state index >= 15 is 0 Å². The Morgan fingerprint density at radius 2 is 1.68 bits per heavy atom. The summed E-state index contributed by atoms with van der Waals surface area (Å²) in [6.07, 6.45) is -5.28. The van der Waals surface area contributed by atoms with E-state index in [-0.39, 0.29) is 24.6 Å². The highest BCUT2D eigenvalue weighted by Crippen LogP contribution is 2.42. The lowest BCUT2D eigenvalue weighted by Gasteiger charge is -2.38. The van der Waals surface area contributed by atoms with E-state index in [9.17, 15) is 26.3 Å². The summed E-state index contributed by atoms with van der Waals surface area (Å²) in [5.74, 6) is -5.70. The fraction of sp³-hybridized carbons (Fsp3) is 0.385. The van der Waals surface area contributed by atoms with Crippen molar-refractivity contribution >= 4 is 17.3 Å². The molecule has 22 heavy (non-hydrogen) atoms. The Bertz CT molecular complexity index is 530. The quantitative estimate of drug-likeness (QED) is 0.739. The molecule has 0 saturated carbocycles. The van der Waals surface area contributed by atoms with Gasteiger partial charge in [0.2, 0.25) is 0 Å². The second-order valence-electron chi connectivity index (χ2n) is 4.84. The van der Waals surface area contributed by atoms with E-state index in [1.807, 2.05) is 0 Å². The smallest absolute Gasteiger partial charge is 0.354 e. The molecule has 0 fully saturated rings. The molecule has 1 unspecified atom stereocenters. The van der Waals surface area contributed by atoms with Gasteiger partial charge in [0.15, 0.2) is 5.54 Å². The van der Waals surface area contributed by atoms with Crippen LogP contribution in [0.4, 0.5) is 32.0 Å². The van der Waals surface area contributed by atoms with Gasteiger partial charge in [-0.25, -0.2) is 13.2 Å². The van der Waals surface area contributed by atoms with Crippen LogP contribution >= 0.6 is 11.6 Å². The maximum absolute atomic E-state index is 13.5. The third kappa shape index (κ3) is 3.60. The summed E-state index contributed by atoms with van der Waals surface area (Å²) in [6.45, 7) is 3.57. The molecule has 1 aromatic rings. The fourth-order valence-electron chi connectivity index (χ4n) is 1.53. The van der Waals surface area contributed by atoms with Gasteiger partial charge in [0.05, 0.1) is 16.5 Å². The zero-order chi connectivity index (χ0) is 17.3. The molecule has 0 saturated heterocycles. The van der Waals surface area contributed by atoms with Crippen LogP contribution in [0.15, 0.2) is 30.6 Å². The Morgan fingerprint density at radius 3 is 2.09 bits per heavy atom.